The van der Waals surface area contributed by atoms with Gasteiger partial charge in [-0.2, -0.15) is 0 Å². The molecule has 2 rings (SSSR count). The Bertz CT molecular complexity index is 573. The second-order valence-electron chi connectivity index (χ2n) is 6.84. The molecule has 3 N–H and O–H groups in total. The fraction of sp³-hybridized carbons (Fsp3) is 0.600. The minimum Gasteiger partial charge on any atom is -0.380 e. The van der Waals surface area contributed by atoms with Gasteiger partial charge in [0, 0.05) is 32.8 Å². The highest BCUT2D eigenvalue weighted by molar-refractivity contribution is 5.85. The van der Waals surface area contributed by atoms with Crippen LogP contribution in [0.2, 0.25) is 0 Å². The van der Waals surface area contributed by atoms with Gasteiger partial charge in [-0.15, -0.1) is 12.4 Å². The number of amides is 2. The lowest BCUT2D eigenvalue weighted by Gasteiger charge is -2.34. The average molecular weight is 398 g/mol. The maximum atomic E-state index is 12.9. The van der Waals surface area contributed by atoms with Crippen LogP contribution in [-0.4, -0.2) is 55.6 Å². The summed E-state index contributed by atoms with van der Waals surface area (Å²) >= 11 is 0. The lowest BCUT2D eigenvalue weighted by molar-refractivity contribution is -0.134. The predicted octanol–water partition coefficient (Wildman–Crippen LogP) is 2.07. The first-order valence-electron chi connectivity index (χ1n) is 9.45. The molecule has 0 saturated carbocycles. The summed E-state index contributed by atoms with van der Waals surface area (Å²) in [6.45, 7) is 3.73. The molecule has 1 aliphatic rings. The average Bonchev–Trinajstić information content (AvgIpc) is 2.68. The Labute approximate surface area is 168 Å². The van der Waals surface area contributed by atoms with E-state index in [0.29, 0.717) is 19.6 Å². The van der Waals surface area contributed by atoms with E-state index in [1.807, 2.05) is 42.2 Å². The van der Waals surface area contributed by atoms with Crippen LogP contribution in [0.4, 0.5) is 0 Å². The number of piperidine rings is 1. The molecule has 1 fully saturated rings. The van der Waals surface area contributed by atoms with Gasteiger partial charge in [-0.05, 0) is 24.8 Å². The summed E-state index contributed by atoms with van der Waals surface area (Å²) in [7, 11) is 1.56. The Morgan fingerprint density at radius 1 is 1.26 bits per heavy atom. The second-order valence-corrected chi connectivity index (χ2v) is 6.84. The highest BCUT2D eigenvalue weighted by Gasteiger charge is 2.29. The molecule has 2 atom stereocenters. The van der Waals surface area contributed by atoms with Crippen molar-refractivity contribution in [1.29, 1.82) is 0 Å². The number of nitrogens with two attached hydrogens (primary N) is 1. The quantitative estimate of drug-likeness (QED) is 0.703. The minimum atomic E-state index is -0.243. The highest BCUT2D eigenvalue weighted by Crippen LogP contribution is 2.24. The molecular weight excluding hydrogens is 366 g/mol. The third kappa shape index (κ3) is 6.79. The molecule has 1 aromatic rings. The van der Waals surface area contributed by atoms with Crippen molar-refractivity contribution >= 4 is 24.2 Å². The number of nitrogens with zero attached hydrogens (tertiary/aromatic N) is 1. The van der Waals surface area contributed by atoms with Crippen molar-refractivity contribution < 1.29 is 14.3 Å². The number of benzene rings is 1. The van der Waals surface area contributed by atoms with Crippen molar-refractivity contribution in [3.63, 3.8) is 0 Å². The Hall–Kier alpha value is -1.63. The van der Waals surface area contributed by atoms with Gasteiger partial charge in [-0.25, -0.2) is 0 Å². The summed E-state index contributed by atoms with van der Waals surface area (Å²) < 4.78 is 5.15. The van der Waals surface area contributed by atoms with E-state index >= 15 is 0 Å². The van der Waals surface area contributed by atoms with E-state index in [1.54, 1.807) is 7.11 Å². The van der Waals surface area contributed by atoms with E-state index in [9.17, 15) is 9.59 Å². The maximum Gasteiger partial charge on any atom is 0.230 e. The van der Waals surface area contributed by atoms with Crippen LogP contribution < -0.4 is 11.1 Å². The van der Waals surface area contributed by atoms with Crippen LogP contribution in [0.5, 0.6) is 0 Å². The smallest absolute Gasteiger partial charge is 0.230 e. The molecule has 1 heterocycles. The van der Waals surface area contributed by atoms with Gasteiger partial charge in [0.2, 0.25) is 11.8 Å². The van der Waals surface area contributed by atoms with Gasteiger partial charge in [0.25, 0.3) is 0 Å². The summed E-state index contributed by atoms with van der Waals surface area (Å²) in [5.41, 5.74) is 6.63. The summed E-state index contributed by atoms with van der Waals surface area (Å²) in [4.78, 5) is 26.9. The Balaban J connectivity index is 0.00000364. The van der Waals surface area contributed by atoms with Crippen molar-refractivity contribution in [2.75, 3.05) is 26.7 Å². The number of ether oxygens (including phenoxy) is 1. The zero-order chi connectivity index (χ0) is 18.9. The van der Waals surface area contributed by atoms with E-state index in [0.717, 1.165) is 24.8 Å². The van der Waals surface area contributed by atoms with E-state index in [2.05, 4.69) is 5.32 Å². The molecule has 2 amide bonds. The topological polar surface area (TPSA) is 84.7 Å². The number of hydrogen-bond donors (Lipinski definition) is 2. The summed E-state index contributed by atoms with van der Waals surface area (Å²) in [6, 6.07) is 10.1. The molecule has 0 radical (unpaired) electrons. The molecule has 0 aromatic heterocycles. The number of methoxy groups -OCH3 is 1. The van der Waals surface area contributed by atoms with Gasteiger partial charge in [-0.3, -0.25) is 9.59 Å². The Kier molecular flexibility index (Phi) is 10.4. The number of hydrogen-bond acceptors (Lipinski definition) is 4. The van der Waals surface area contributed by atoms with E-state index in [1.165, 1.54) is 0 Å². The summed E-state index contributed by atoms with van der Waals surface area (Å²) in [5, 5.41) is 3.04. The summed E-state index contributed by atoms with van der Waals surface area (Å²) in [5.74, 6) is 0.0585. The lowest BCUT2D eigenvalue weighted by atomic mass is 9.93. The van der Waals surface area contributed by atoms with E-state index < -0.39 is 0 Å². The fourth-order valence-electron chi connectivity index (χ4n) is 3.46. The SMILES string of the molecule is CCC(C(=O)N1CCC(NC(=O)CC(CN)OC)CC1)c1ccccc1.Cl. The number of rotatable bonds is 8. The first-order chi connectivity index (χ1) is 12.6. The molecule has 2 unspecified atom stereocenters. The largest absolute Gasteiger partial charge is 0.380 e. The monoisotopic (exact) mass is 397 g/mol. The number of carbonyl (C=O) groups is 2. The Morgan fingerprint density at radius 2 is 1.89 bits per heavy atom. The van der Waals surface area contributed by atoms with Gasteiger partial charge >= 0.3 is 0 Å². The van der Waals surface area contributed by atoms with Crippen molar-refractivity contribution in [2.24, 2.45) is 5.73 Å². The lowest BCUT2D eigenvalue weighted by Crippen LogP contribution is -2.48. The molecule has 0 bridgehead atoms. The molecule has 1 aliphatic heterocycles. The van der Waals surface area contributed by atoms with Crippen LogP contribution in [0.25, 0.3) is 0 Å². The molecular formula is C20H32ClN3O3. The molecule has 0 spiro atoms. The van der Waals surface area contributed by atoms with Crippen molar-refractivity contribution in [3.05, 3.63) is 35.9 Å². The summed E-state index contributed by atoms with van der Waals surface area (Å²) in [6.07, 6.45) is 2.38. The van der Waals surface area contributed by atoms with Gasteiger partial charge in [0.05, 0.1) is 18.4 Å². The van der Waals surface area contributed by atoms with Crippen LogP contribution in [0, 0.1) is 0 Å². The van der Waals surface area contributed by atoms with Gasteiger partial charge in [-0.1, -0.05) is 37.3 Å². The number of likely N-dealkylation sites (tertiary alicyclic amines) is 1. The first-order valence-corrected chi connectivity index (χ1v) is 9.45. The molecule has 6 nitrogen and oxygen atoms in total. The predicted molar refractivity (Wildman–Crippen MR) is 109 cm³/mol. The first kappa shape index (κ1) is 23.4. The third-order valence-electron chi connectivity index (χ3n) is 5.09. The maximum absolute atomic E-state index is 12.9. The number of carbonyl (C=O) groups excluding carboxylic acids is 2. The Morgan fingerprint density at radius 3 is 2.41 bits per heavy atom. The fourth-order valence-corrected chi connectivity index (χ4v) is 3.46. The number of halogens is 1. The molecule has 1 aromatic carbocycles. The second kappa shape index (κ2) is 12.0. The zero-order valence-corrected chi connectivity index (χ0v) is 17.0. The van der Waals surface area contributed by atoms with Gasteiger partial charge in [0.1, 0.15) is 0 Å². The number of nitrogens with one attached hydrogen (secondary N) is 1. The third-order valence-corrected chi connectivity index (χ3v) is 5.09. The van der Waals surface area contributed by atoms with Crippen molar-refractivity contribution in [3.8, 4) is 0 Å². The minimum absolute atomic E-state index is 0. The van der Waals surface area contributed by atoms with Crippen LogP contribution in [0.3, 0.4) is 0 Å². The van der Waals surface area contributed by atoms with Crippen LogP contribution >= 0.6 is 12.4 Å². The van der Waals surface area contributed by atoms with E-state index in [-0.39, 0.29) is 48.7 Å². The van der Waals surface area contributed by atoms with Gasteiger partial charge < -0.3 is 20.7 Å². The van der Waals surface area contributed by atoms with E-state index in [4.69, 9.17) is 10.5 Å². The van der Waals surface area contributed by atoms with Crippen LogP contribution in [-0.2, 0) is 14.3 Å². The van der Waals surface area contributed by atoms with Crippen molar-refractivity contribution in [1.82, 2.24) is 10.2 Å². The van der Waals surface area contributed by atoms with Crippen molar-refractivity contribution in [2.45, 2.75) is 50.7 Å². The van der Waals surface area contributed by atoms with Gasteiger partial charge in [0.15, 0.2) is 0 Å². The standard InChI is InChI=1S/C20H31N3O3.ClH/c1-3-18(15-7-5-4-6-8-15)20(25)23-11-9-16(10-12-23)22-19(24)13-17(14-21)26-2;/h4-8,16-18H,3,9-14,21H2,1-2H3,(H,22,24);1H. The molecule has 0 aliphatic carbocycles. The molecule has 7 heteroatoms. The van der Waals surface area contributed by atoms with Crippen LogP contribution in [0.15, 0.2) is 30.3 Å². The molecule has 152 valence electrons. The highest BCUT2D eigenvalue weighted by atomic mass is 35.5. The molecule has 1 saturated heterocycles. The molecule has 27 heavy (non-hydrogen) atoms. The zero-order valence-electron chi connectivity index (χ0n) is 16.2. The van der Waals surface area contributed by atoms with Crippen LogP contribution in [0.1, 0.15) is 44.1 Å². The normalized spacial score (nSPS) is 16.9.